The summed E-state index contributed by atoms with van der Waals surface area (Å²) in [7, 11) is 0. The summed E-state index contributed by atoms with van der Waals surface area (Å²) in [6, 6.07) is 9.56. The van der Waals surface area contributed by atoms with Crippen molar-refractivity contribution >= 4 is 0 Å². The third-order valence-corrected chi connectivity index (χ3v) is 5.28. The lowest BCUT2D eigenvalue weighted by molar-refractivity contribution is 0.224. The van der Waals surface area contributed by atoms with E-state index < -0.39 is 0 Å². The summed E-state index contributed by atoms with van der Waals surface area (Å²) < 4.78 is 0. The molecule has 1 aromatic rings. The first-order valence-corrected chi connectivity index (χ1v) is 7.95. The molecule has 1 atom stereocenters. The highest BCUT2D eigenvalue weighted by Crippen LogP contribution is 2.42. The molecule has 0 amide bonds. The van der Waals surface area contributed by atoms with Crippen LogP contribution in [0.4, 0.5) is 0 Å². The molecule has 3 rings (SSSR count). The zero-order valence-corrected chi connectivity index (χ0v) is 12.4. The van der Waals surface area contributed by atoms with E-state index in [-0.39, 0.29) is 0 Å². The maximum atomic E-state index is 3.46. The molecule has 1 heteroatoms. The second kappa shape index (κ2) is 5.28. The molecule has 2 fully saturated rings. The Bertz CT molecular complexity index is 402. The van der Waals surface area contributed by atoms with E-state index in [0.717, 1.165) is 18.4 Å². The van der Waals surface area contributed by atoms with Crippen LogP contribution >= 0.6 is 0 Å². The van der Waals surface area contributed by atoms with Crippen molar-refractivity contribution < 1.29 is 0 Å². The van der Waals surface area contributed by atoms with Gasteiger partial charge in [-0.25, -0.2) is 0 Å². The molecule has 1 nitrogen and oxygen atoms in total. The topological polar surface area (TPSA) is 12.0 Å². The molecule has 1 aliphatic heterocycles. The van der Waals surface area contributed by atoms with Crippen LogP contribution in [0.2, 0.25) is 0 Å². The van der Waals surface area contributed by atoms with Gasteiger partial charge in [0.05, 0.1) is 0 Å². The van der Waals surface area contributed by atoms with Crippen molar-refractivity contribution in [2.75, 3.05) is 13.1 Å². The predicted octanol–water partition coefficient (Wildman–Crippen LogP) is 4.45. The van der Waals surface area contributed by atoms with Gasteiger partial charge in [0.25, 0.3) is 0 Å². The van der Waals surface area contributed by atoms with Crippen molar-refractivity contribution in [2.24, 2.45) is 5.41 Å². The summed E-state index contributed by atoms with van der Waals surface area (Å²) in [5, 5.41) is 3.46. The van der Waals surface area contributed by atoms with E-state index in [1.807, 2.05) is 0 Å². The second-order valence-corrected chi connectivity index (χ2v) is 7.29. The van der Waals surface area contributed by atoms with Crippen LogP contribution in [0.15, 0.2) is 24.3 Å². The molecule has 0 spiro atoms. The lowest BCUT2D eigenvalue weighted by Crippen LogP contribution is -2.20. The first kappa shape index (κ1) is 13.2. The number of hydrogen-bond donors (Lipinski definition) is 1. The van der Waals surface area contributed by atoms with Crippen molar-refractivity contribution in [2.45, 2.75) is 57.8 Å². The summed E-state index contributed by atoms with van der Waals surface area (Å²) in [5.41, 5.74) is 3.68. The third-order valence-electron chi connectivity index (χ3n) is 5.28. The molecule has 1 heterocycles. The Morgan fingerprint density at radius 2 is 1.47 bits per heavy atom. The molecule has 0 radical (unpaired) electrons. The van der Waals surface area contributed by atoms with Crippen molar-refractivity contribution in [3.05, 3.63) is 35.4 Å². The van der Waals surface area contributed by atoms with Crippen molar-refractivity contribution in [3.8, 4) is 0 Å². The van der Waals surface area contributed by atoms with Gasteiger partial charge in [-0.05, 0) is 67.0 Å². The van der Waals surface area contributed by atoms with Crippen LogP contribution in [0, 0.1) is 5.41 Å². The molecule has 0 bridgehead atoms. The van der Waals surface area contributed by atoms with E-state index in [0.29, 0.717) is 5.41 Å². The second-order valence-electron chi connectivity index (χ2n) is 7.29. The lowest BCUT2D eigenvalue weighted by Gasteiger charge is -2.34. The number of rotatable bonds is 2. The zero-order chi connectivity index (χ0) is 13.3. The van der Waals surface area contributed by atoms with Crippen molar-refractivity contribution in [3.63, 3.8) is 0 Å². The molecule has 104 valence electrons. The largest absolute Gasteiger partial charge is 0.316 e. The third kappa shape index (κ3) is 3.02. The zero-order valence-electron chi connectivity index (χ0n) is 12.4. The van der Waals surface area contributed by atoms with Gasteiger partial charge < -0.3 is 5.32 Å². The highest BCUT2D eigenvalue weighted by Gasteiger charge is 2.27. The molecule has 1 unspecified atom stereocenters. The molecule has 1 N–H and O–H groups in total. The average molecular weight is 257 g/mol. The standard InChI is InChI=1S/C18H27N/c1-18(2)10-7-16(8-11-18)14-3-5-15(6-4-14)17-9-12-19-13-17/h3-6,16-17,19H,7-13H2,1-2H3. The van der Waals surface area contributed by atoms with Gasteiger partial charge in [-0.1, -0.05) is 38.1 Å². The highest BCUT2D eigenvalue weighted by atomic mass is 14.9. The Labute approximate surface area is 117 Å². The fourth-order valence-corrected chi connectivity index (χ4v) is 3.71. The predicted molar refractivity (Wildman–Crippen MR) is 81.7 cm³/mol. The summed E-state index contributed by atoms with van der Waals surface area (Å²) >= 11 is 0. The molecule has 1 aliphatic carbocycles. The van der Waals surface area contributed by atoms with E-state index in [9.17, 15) is 0 Å². The van der Waals surface area contributed by atoms with E-state index in [1.54, 1.807) is 5.56 Å². The van der Waals surface area contributed by atoms with Crippen LogP contribution in [-0.2, 0) is 0 Å². The Kier molecular flexibility index (Phi) is 3.66. The lowest BCUT2D eigenvalue weighted by atomic mass is 9.71. The minimum absolute atomic E-state index is 0.575. The van der Waals surface area contributed by atoms with Crippen LogP contribution in [0.25, 0.3) is 0 Å². The van der Waals surface area contributed by atoms with E-state index >= 15 is 0 Å². The summed E-state index contributed by atoms with van der Waals surface area (Å²) in [5.74, 6) is 1.56. The Morgan fingerprint density at radius 3 is 2.00 bits per heavy atom. The smallest absolute Gasteiger partial charge is 0.00206 e. The Balaban J connectivity index is 1.66. The van der Waals surface area contributed by atoms with Crippen LogP contribution in [0.1, 0.15) is 68.9 Å². The summed E-state index contributed by atoms with van der Waals surface area (Å²) in [6.07, 6.45) is 6.81. The van der Waals surface area contributed by atoms with Gasteiger partial charge in [0.2, 0.25) is 0 Å². The highest BCUT2D eigenvalue weighted by molar-refractivity contribution is 5.29. The summed E-state index contributed by atoms with van der Waals surface area (Å²) in [4.78, 5) is 0. The van der Waals surface area contributed by atoms with Gasteiger partial charge in [0, 0.05) is 6.54 Å². The average Bonchev–Trinajstić information content (AvgIpc) is 2.93. The van der Waals surface area contributed by atoms with E-state index in [1.165, 1.54) is 44.2 Å². The molecule has 2 aliphatic rings. The molecule has 1 aromatic carbocycles. The van der Waals surface area contributed by atoms with Gasteiger partial charge >= 0.3 is 0 Å². The fraction of sp³-hybridized carbons (Fsp3) is 0.667. The maximum absolute atomic E-state index is 3.46. The Morgan fingerprint density at radius 1 is 0.895 bits per heavy atom. The molecular formula is C18H27N. The molecule has 19 heavy (non-hydrogen) atoms. The fourth-order valence-electron chi connectivity index (χ4n) is 3.71. The van der Waals surface area contributed by atoms with Crippen LogP contribution in [0.5, 0.6) is 0 Å². The molecule has 1 saturated carbocycles. The van der Waals surface area contributed by atoms with Gasteiger partial charge in [-0.3, -0.25) is 0 Å². The SMILES string of the molecule is CC1(C)CCC(c2ccc(C3CCNC3)cc2)CC1. The van der Waals surface area contributed by atoms with Crippen LogP contribution in [0.3, 0.4) is 0 Å². The minimum atomic E-state index is 0.575. The van der Waals surface area contributed by atoms with Gasteiger partial charge in [0.1, 0.15) is 0 Å². The first-order valence-electron chi connectivity index (χ1n) is 7.95. The van der Waals surface area contributed by atoms with Gasteiger partial charge in [0.15, 0.2) is 0 Å². The Hall–Kier alpha value is -0.820. The molecular weight excluding hydrogens is 230 g/mol. The van der Waals surface area contributed by atoms with Crippen molar-refractivity contribution in [1.29, 1.82) is 0 Å². The number of hydrogen-bond acceptors (Lipinski definition) is 1. The normalized spacial score (nSPS) is 27.6. The monoisotopic (exact) mass is 257 g/mol. The van der Waals surface area contributed by atoms with Crippen LogP contribution < -0.4 is 5.32 Å². The van der Waals surface area contributed by atoms with Gasteiger partial charge in [-0.2, -0.15) is 0 Å². The van der Waals surface area contributed by atoms with Gasteiger partial charge in [-0.15, -0.1) is 0 Å². The molecule has 1 saturated heterocycles. The van der Waals surface area contributed by atoms with E-state index in [2.05, 4.69) is 43.4 Å². The molecule has 0 aromatic heterocycles. The van der Waals surface area contributed by atoms with Crippen molar-refractivity contribution in [1.82, 2.24) is 5.32 Å². The summed E-state index contributed by atoms with van der Waals surface area (Å²) in [6.45, 7) is 7.18. The minimum Gasteiger partial charge on any atom is -0.316 e. The first-order chi connectivity index (χ1) is 9.14. The quantitative estimate of drug-likeness (QED) is 0.825. The van der Waals surface area contributed by atoms with E-state index in [4.69, 9.17) is 0 Å². The maximum Gasteiger partial charge on any atom is 0.00206 e. The van der Waals surface area contributed by atoms with Crippen LogP contribution in [-0.4, -0.2) is 13.1 Å². The number of nitrogens with one attached hydrogen (secondary N) is 1. The number of benzene rings is 1.